The summed E-state index contributed by atoms with van der Waals surface area (Å²) < 4.78 is 0. The van der Waals surface area contributed by atoms with E-state index in [1.807, 2.05) is 30.3 Å². The van der Waals surface area contributed by atoms with Gasteiger partial charge in [0.1, 0.15) is 11.7 Å². The van der Waals surface area contributed by atoms with E-state index in [9.17, 15) is 19.5 Å². The average Bonchev–Trinajstić information content (AvgIpc) is 2.58. The van der Waals surface area contributed by atoms with Crippen molar-refractivity contribution in [1.29, 1.82) is 0 Å². The van der Waals surface area contributed by atoms with Crippen molar-refractivity contribution in [3.05, 3.63) is 41.1 Å². The summed E-state index contributed by atoms with van der Waals surface area (Å²) in [6, 6.07) is 8.17. The SMILES string of the molecule is O=C(CNc1ccccc1)N[C@H]1C(=O)N2C(C(=O)O)=C(Cl)CC[C@@H]12. The summed E-state index contributed by atoms with van der Waals surface area (Å²) in [6.45, 7) is 0.0307. The third-order valence-corrected chi connectivity index (χ3v) is 4.49. The molecule has 0 aromatic heterocycles. The summed E-state index contributed by atoms with van der Waals surface area (Å²) in [5, 5.41) is 15.0. The van der Waals surface area contributed by atoms with Gasteiger partial charge in [0.2, 0.25) is 5.91 Å². The molecule has 24 heavy (non-hydrogen) atoms. The van der Waals surface area contributed by atoms with Crippen molar-refractivity contribution in [2.24, 2.45) is 0 Å². The molecular formula is C16H16ClN3O4. The van der Waals surface area contributed by atoms with Crippen molar-refractivity contribution in [2.75, 3.05) is 11.9 Å². The van der Waals surface area contributed by atoms with Crippen LogP contribution in [0, 0.1) is 0 Å². The minimum atomic E-state index is -1.23. The molecule has 126 valence electrons. The first-order valence-corrected chi connectivity index (χ1v) is 7.90. The van der Waals surface area contributed by atoms with E-state index in [2.05, 4.69) is 10.6 Å². The number of carbonyl (C=O) groups is 3. The second kappa shape index (κ2) is 6.52. The standard InChI is InChI=1S/C16H16ClN3O4/c17-10-6-7-11-13(15(22)20(11)14(10)16(23)24)19-12(21)8-18-9-4-2-1-3-5-9/h1-5,11,13,18H,6-8H2,(H,19,21)(H,23,24)/t11-,13+/m0/s1. The molecule has 2 aliphatic rings. The molecule has 1 fully saturated rings. The molecule has 1 aromatic carbocycles. The van der Waals surface area contributed by atoms with Gasteiger partial charge in [-0.05, 0) is 25.0 Å². The van der Waals surface area contributed by atoms with Crippen LogP contribution in [0.1, 0.15) is 12.8 Å². The Hall–Kier alpha value is -2.54. The van der Waals surface area contributed by atoms with E-state index in [4.69, 9.17) is 11.6 Å². The van der Waals surface area contributed by atoms with Crippen LogP contribution in [-0.2, 0) is 14.4 Å². The van der Waals surface area contributed by atoms with Crippen molar-refractivity contribution in [2.45, 2.75) is 24.9 Å². The Balaban J connectivity index is 1.59. The topological polar surface area (TPSA) is 98.7 Å². The van der Waals surface area contributed by atoms with Crippen LogP contribution in [0.15, 0.2) is 41.1 Å². The van der Waals surface area contributed by atoms with Crippen molar-refractivity contribution in [1.82, 2.24) is 10.2 Å². The van der Waals surface area contributed by atoms with Crippen LogP contribution in [0.5, 0.6) is 0 Å². The minimum Gasteiger partial charge on any atom is -0.477 e. The summed E-state index contributed by atoms with van der Waals surface area (Å²) in [5.74, 6) is -1.99. The first-order valence-electron chi connectivity index (χ1n) is 7.52. The number of allylic oxidation sites excluding steroid dienone is 1. The van der Waals surface area contributed by atoms with Crippen molar-refractivity contribution >= 4 is 35.1 Å². The summed E-state index contributed by atoms with van der Waals surface area (Å²) in [6.07, 6.45) is 0.907. The van der Waals surface area contributed by atoms with Gasteiger partial charge in [0.05, 0.1) is 12.6 Å². The second-order valence-corrected chi connectivity index (χ2v) is 6.09. The predicted octanol–water partition coefficient (Wildman–Crippen LogP) is 1.12. The van der Waals surface area contributed by atoms with Crippen LogP contribution < -0.4 is 10.6 Å². The number of anilines is 1. The Kier molecular flexibility index (Phi) is 4.44. The summed E-state index contributed by atoms with van der Waals surface area (Å²) in [4.78, 5) is 36.6. The summed E-state index contributed by atoms with van der Waals surface area (Å²) in [5.41, 5.74) is 0.626. The van der Waals surface area contributed by atoms with Gasteiger partial charge in [-0.2, -0.15) is 0 Å². The largest absolute Gasteiger partial charge is 0.477 e. The number of carbonyl (C=O) groups excluding carboxylic acids is 2. The molecule has 0 aliphatic carbocycles. The van der Waals surface area contributed by atoms with Crippen molar-refractivity contribution in [3.63, 3.8) is 0 Å². The molecule has 2 amide bonds. The zero-order valence-electron chi connectivity index (χ0n) is 12.7. The number of benzene rings is 1. The Morgan fingerprint density at radius 2 is 2.00 bits per heavy atom. The average molecular weight is 350 g/mol. The van der Waals surface area contributed by atoms with Gasteiger partial charge >= 0.3 is 5.97 Å². The van der Waals surface area contributed by atoms with Crippen LogP contribution in [0.4, 0.5) is 5.69 Å². The molecule has 0 bridgehead atoms. The van der Waals surface area contributed by atoms with E-state index in [0.29, 0.717) is 12.8 Å². The highest BCUT2D eigenvalue weighted by Gasteiger charge is 2.53. The minimum absolute atomic E-state index is 0.0307. The summed E-state index contributed by atoms with van der Waals surface area (Å²) in [7, 11) is 0. The van der Waals surface area contributed by atoms with Gasteiger partial charge < -0.3 is 15.7 Å². The molecule has 0 radical (unpaired) electrons. The first-order chi connectivity index (χ1) is 11.5. The van der Waals surface area contributed by atoms with Crippen molar-refractivity contribution in [3.8, 4) is 0 Å². The van der Waals surface area contributed by atoms with Gasteiger partial charge in [-0.15, -0.1) is 0 Å². The molecule has 2 aliphatic heterocycles. The van der Waals surface area contributed by atoms with E-state index in [0.717, 1.165) is 5.69 Å². The second-order valence-electron chi connectivity index (χ2n) is 5.64. The molecule has 3 N–H and O–H groups in total. The number of para-hydroxylation sites is 1. The molecule has 8 heteroatoms. The van der Waals surface area contributed by atoms with Crippen LogP contribution in [-0.4, -0.2) is 46.4 Å². The number of hydrogen-bond donors (Lipinski definition) is 3. The Bertz CT molecular complexity index is 719. The van der Waals surface area contributed by atoms with Gasteiger partial charge in [0.15, 0.2) is 0 Å². The van der Waals surface area contributed by atoms with Gasteiger partial charge in [-0.25, -0.2) is 4.79 Å². The number of nitrogens with one attached hydrogen (secondary N) is 2. The molecule has 0 saturated carbocycles. The van der Waals surface area contributed by atoms with E-state index >= 15 is 0 Å². The number of fused-ring (bicyclic) bond motifs is 1. The highest BCUT2D eigenvalue weighted by molar-refractivity contribution is 6.32. The third-order valence-electron chi connectivity index (χ3n) is 4.12. The van der Waals surface area contributed by atoms with Gasteiger partial charge in [0.25, 0.3) is 5.91 Å². The fourth-order valence-electron chi connectivity index (χ4n) is 2.98. The highest BCUT2D eigenvalue weighted by Crippen LogP contribution is 2.37. The molecule has 0 unspecified atom stereocenters. The number of hydrogen-bond acceptors (Lipinski definition) is 4. The number of carboxylic acid groups (broad SMARTS) is 1. The quantitative estimate of drug-likeness (QED) is 0.692. The number of β-lactam (4-membered cyclic amide) rings is 1. The Morgan fingerprint density at radius 3 is 2.67 bits per heavy atom. The summed E-state index contributed by atoms with van der Waals surface area (Å²) >= 11 is 5.92. The molecule has 1 aromatic rings. The van der Waals surface area contributed by atoms with Gasteiger partial charge in [-0.3, -0.25) is 14.5 Å². The zero-order valence-corrected chi connectivity index (χ0v) is 13.4. The lowest BCUT2D eigenvalue weighted by atomic mass is 9.86. The zero-order chi connectivity index (χ0) is 17.3. The number of nitrogens with zero attached hydrogens (tertiary/aromatic N) is 1. The predicted molar refractivity (Wildman–Crippen MR) is 87.2 cm³/mol. The number of carboxylic acids is 1. The van der Waals surface area contributed by atoms with E-state index in [-0.39, 0.29) is 29.2 Å². The van der Waals surface area contributed by atoms with Crippen LogP contribution >= 0.6 is 11.6 Å². The molecule has 3 rings (SSSR count). The fourth-order valence-corrected chi connectivity index (χ4v) is 3.26. The lowest BCUT2D eigenvalue weighted by Crippen LogP contribution is -2.71. The van der Waals surface area contributed by atoms with Crippen molar-refractivity contribution < 1.29 is 19.5 Å². The smallest absolute Gasteiger partial charge is 0.353 e. The molecule has 7 nitrogen and oxygen atoms in total. The number of halogens is 1. The normalized spacial score (nSPS) is 22.5. The van der Waals surface area contributed by atoms with Gasteiger partial charge in [0, 0.05) is 10.7 Å². The molecular weight excluding hydrogens is 334 g/mol. The third kappa shape index (κ3) is 2.94. The van der Waals surface area contributed by atoms with Gasteiger partial charge in [-0.1, -0.05) is 29.8 Å². The molecule has 0 spiro atoms. The maximum absolute atomic E-state index is 12.2. The number of amides is 2. The first kappa shape index (κ1) is 16.3. The molecule has 2 atom stereocenters. The molecule has 1 saturated heterocycles. The molecule has 2 heterocycles. The van der Waals surface area contributed by atoms with Crippen LogP contribution in [0.2, 0.25) is 0 Å². The Morgan fingerprint density at radius 1 is 1.29 bits per heavy atom. The lowest BCUT2D eigenvalue weighted by molar-refractivity contribution is -0.155. The fraction of sp³-hybridized carbons (Fsp3) is 0.312. The maximum Gasteiger partial charge on any atom is 0.353 e. The maximum atomic E-state index is 12.2. The van der Waals surface area contributed by atoms with E-state index in [1.165, 1.54) is 4.90 Å². The van der Waals surface area contributed by atoms with E-state index < -0.39 is 17.9 Å². The van der Waals surface area contributed by atoms with Crippen LogP contribution in [0.3, 0.4) is 0 Å². The van der Waals surface area contributed by atoms with E-state index in [1.54, 1.807) is 0 Å². The Labute approximate surface area is 143 Å². The number of rotatable bonds is 5. The highest BCUT2D eigenvalue weighted by atomic mass is 35.5. The van der Waals surface area contributed by atoms with Crippen LogP contribution in [0.25, 0.3) is 0 Å². The monoisotopic (exact) mass is 349 g/mol. The lowest BCUT2D eigenvalue weighted by Gasteiger charge is -2.49. The number of aliphatic carboxylic acids is 1.